The topological polar surface area (TPSA) is 34.1 Å². The van der Waals surface area contributed by atoms with Crippen molar-refractivity contribution in [1.82, 2.24) is 10.3 Å². The Kier molecular flexibility index (Phi) is 4.54. The molecule has 2 atom stereocenters. The molecule has 3 aromatic rings. The van der Waals surface area contributed by atoms with Crippen molar-refractivity contribution in [2.24, 2.45) is 5.92 Å². The molecule has 1 aromatic heterocycles. The maximum atomic E-state index is 5.98. The molecule has 24 heavy (non-hydrogen) atoms. The Hall–Kier alpha value is -2.23. The van der Waals surface area contributed by atoms with Crippen LogP contribution in [-0.4, -0.2) is 18.1 Å². The summed E-state index contributed by atoms with van der Waals surface area (Å²) in [6, 6.07) is 19.1. The van der Waals surface area contributed by atoms with Gasteiger partial charge >= 0.3 is 0 Å². The van der Waals surface area contributed by atoms with Gasteiger partial charge in [-0.05, 0) is 29.0 Å². The van der Waals surface area contributed by atoms with E-state index in [0.29, 0.717) is 5.92 Å². The van der Waals surface area contributed by atoms with Gasteiger partial charge in [0.15, 0.2) is 0 Å². The van der Waals surface area contributed by atoms with E-state index in [-0.39, 0.29) is 6.10 Å². The maximum Gasteiger partial charge on any atom is 0.0866 e. The second kappa shape index (κ2) is 7.12. The minimum Gasteiger partial charge on any atom is -0.373 e. The van der Waals surface area contributed by atoms with E-state index in [0.717, 1.165) is 26.1 Å². The van der Waals surface area contributed by atoms with Crippen LogP contribution in [0.1, 0.15) is 23.7 Å². The number of hydrogen-bond donors (Lipinski definition) is 1. The molecule has 0 bridgehead atoms. The smallest absolute Gasteiger partial charge is 0.0866 e. The molecule has 1 fully saturated rings. The van der Waals surface area contributed by atoms with E-state index in [1.807, 2.05) is 12.4 Å². The largest absolute Gasteiger partial charge is 0.373 e. The first kappa shape index (κ1) is 15.3. The molecule has 1 N–H and O–H groups in total. The zero-order valence-electron chi connectivity index (χ0n) is 13.7. The van der Waals surface area contributed by atoms with Crippen LogP contribution in [0.15, 0.2) is 67.0 Å². The Balaban J connectivity index is 1.41. The highest BCUT2D eigenvalue weighted by molar-refractivity contribution is 5.84. The summed E-state index contributed by atoms with van der Waals surface area (Å²) < 4.78 is 5.98. The van der Waals surface area contributed by atoms with Crippen molar-refractivity contribution in [1.29, 1.82) is 0 Å². The summed E-state index contributed by atoms with van der Waals surface area (Å²) in [5, 5.41) is 6.11. The van der Waals surface area contributed by atoms with Crippen molar-refractivity contribution in [2.75, 3.05) is 13.2 Å². The Morgan fingerprint density at radius 2 is 1.96 bits per heavy atom. The summed E-state index contributed by atoms with van der Waals surface area (Å²) in [5.74, 6) is 0.532. The highest BCUT2D eigenvalue weighted by Gasteiger charge is 2.28. The maximum absolute atomic E-state index is 5.98. The first-order chi connectivity index (χ1) is 11.9. The Labute approximate surface area is 142 Å². The van der Waals surface area contributed by atoms with Crippen LogP contribution in [-0.2, 0) is 11.3 Å². The minimum atomic E-state index is 0.218. The van der Waals surface area contributed by atoms with Gasteiger partial charge in [-0.2, -0.15) is 0 Å². The third kappa shape index (κ3) is 3.18. The summed E-state index contributed by atoms with van der Waals surface area (Å²) in [6.45, 7) is 2.70. The summed E-state index contributed by atoms with van der Waals surface area (Å²) in [7, 11) is 0. The molecule has 1 aliphatic heterocycles. The average Bonchev–Trinajstić information content (AvgIpc) is 3.11. The molecule has 122 valence electrons. The SMILES string of the molecule is c1ccc([C@H]2OCC[C@@H]2CNCc2cccc3cnccc23)cc1. The third-order valence-corrected chi connectivity index (χ3v) is 4.84. The Morgan fingerprint density at radius 3 is 2.88 bits per heavy atom. The van der Waals surface area contributed by atoms with Crippen LogP contribution in [0.2, 0.25) is 0 Å². The number of rotatable bonds is 5. The van der Waals surface area contributed by atoms with Crippen LogP contribution in [0.3, 0.4) is 0 Å². The molecule has 3 nitrogen and oxygen atoms in total. The van der Waals surface area contributed by atoms with Gasteiger partial charge in [0.25, 0.3) is 0 Å². The number of aromatic nitrogens is 1. The summed E-state index contributed by atoms with van der Waals surface area (Å²) >= 11 is 0. The highest BCUT2D eigenvalue weighted by Crippen LogP contribution is 2.34. The lowest BCUT2D eigenvalue weighted by molar-refractivity contribution is 0.0904. The molecule has 2 aromatic carbocycles. The second-order valence-electron chi connectivity index (χ2n) is 6.40. The van der Waals surface area contributed by atoms with E-state index in [4.69, 9.17) is 4.74 Å². The summed E-state index contributed by atoms with van der Waals surface area (Å²) in [6.07, 6.45) is 5.12. The minimum absolute atomic E-state index is 0.218. The van der Waals surface area contributed by atoms with Gasteiger partial charge in [-0.25, -0.2) is 0 Å². The number of nitrogens with one attached hydrogen (secondary N) is 1. The van der Waals surface area contributed by atoms with Crippen molar-refractivity contribution in [3.63, 3.8) is 0 Å². The lowest BCUT2D eigenvalue weighted by Gasteiger charge is -2.19. The van der Waals surface area contributed by atoms with Gasteiger partial charge in [-0.3, -0.25) is 4.98 Å². The van der Waals surface area contributed by atoms with Gasteiger partial charge in [-0.1, -0.05) is 48.5 Å². The molecule has 0 aliphatic carbocycles. The molecule has 0 radical (unpaired) electrons. The van der Waals surface area contributed by atoms with Gasteiger partial charge in [-0.15, -0.1) is 0 Å². The van der Waals surface area contributed by atoms with Gasteiger partial charge in [0.1, 0.15) is 0 Å². The van der Waals surface area contributed by atoms with Crippen LogP contribution in [0.25, 0.3) is 10.8 Å². The molecule has 1 aliphatic rings. The average molecular weight is 318 g/mol. The Bertz CT molecular complexity index is 798. The van der Waals surface area contributed by atoms with Gasteiger partial charge in [0, 0.05) is 43.4 Å². The molecular formula is C21H22N2O. The molecular weight excluding hydrogens is 296 g/mol. The van der Waals surface area contributed by atoms with E-state index in [1.54, 1.807) is 0 Å². The van der Waals surface area contributed by atoms with Crippen LogP contribution in [0.4, 0.5) is 0 Å². The van der Waals surface area contributed by atoms with Crippen molar-refractivity contribution < 1.29 is 4.74 Å². The summed E-state index contributed by atoms with van der Waals surface area (Å²) in [5.41, 5.74) is 2.61. The normalized spacial score (nSPS) is 20.5. The van der Waals surface area contributed by atoms with Gasteiger partial charge in [0.2, 0.25) is 0 Å². The molecule has 0 spiro atoms. The van der Waals surface area contributed by atoms with Crippen molar-refractivity contribution in [3.05, 3.63) is 78.1 Å². The molecule has 2 heterocycles. The van der Waals surface area contributed by atoms with E-state index in [1.165, 1.54) is 21.9 Å². The number of nitrogens with zero attached hydrogens (tertiary/aromatic N) is 1. The first-order valence-electron chi connectivity index (χ1n) is 8.61. The second-order valence-corrected chi connectivity index (χ2v) is 6.40. The number of ether oxygens (including phenoxy) is 1. The highest BCUT2D eigenvalue weighted by atomic mass is 16.5. The zero-order chi connectivity index (χ0) is 16.2. The van der Waals surface area contributed by atoms with Crippen LogP contribution < -0.4 is 5.32 Å². The van der Waals surface area contributed by atoms with Gasteiger partial charge in [0.05, 0.1) is 6.10 Å². The van der Waals surface area contributed by atoms with E-state index in [2.05, 4.69) is 64.9 Å². The zero-order valence-corrected chi connectivity index (χ0v) is 13.7. The van der Waals surface area contributed by atoms with Crippen LogP contribution in [0, 0.1) is 5.92 Å². The lowest BCUT2D eigenvalue weighted by atomic mass is 9.95. The van der Waals surface area contributed by atoms with Gasteiger partial charge < -0.3 is 10.1 Å². The predicted molar refractivity (Wildman–Crippen MR) is 96.7 cm³/mol. The standard InChI is InChI=1S/C21H22N2O/c1-2-5-16(6-3-1)21-19(10-12-24-21)15-23-14-18-8-4-7-17-13-22-11-9-20(17)18/h1-9,11,13,19,21,23H,10,12,14-15H2/t19-,21-/m1/s1. The number of hydrogen-bond acceptors (Lipinski definition) is 3. The molecule has 4 rings (SSSR count). The molecule has 1 saturated heterocycles. The third-order valence-electron chi connectivity index (χ3n) is 4.84. The molecule has 0 saturated carbocycles. The monoisotopic (exact) mass is 318 g/mol. The fraction of sp³-hybridized carbons (Fsp3) is 0.286. The number of fused-ring (bicyclic) bond motifs is 1. The van der Waals surface area contributed by atoms with Crippen LogP contribution in [0.5, 0.6) is 0 Å². The number of benzene rings is 2. The fourth-order valence-corrected chi connectivity index (χ4v) is 3.59. The van der Waals surface area contributed by atoms with Crippen LogP contribution >= 0.6 is 0 Å². The van der Waals surface area contributed by atoms with E-state index < -0.39 is 0 Å². The fourth-order valence-electron chi connectivity index (χ4n) is 3.59. The molecule has 0 amide bonds. The van der Waals surface area contributed by atoms with Crippen molar-refractivity contribution in [2.45, 2.75) is 19.1 Å². The molecule has 0 unspecified atom stereocenters. The molecule has 3 heteroatoms. The summed E-state index contributed by atoms with van der Waals surface area (Å²) in [4.78, 5) is 4.20. The Morgan fingerprint density at radius 1 is 1.04 bits per heavy atom. The predicted octanol–water partition coefficient (Wildman–Crippen LogP) is 4.10. The lowest BCUT2D eigenvalue weighted by Crippen LogP contribution is -2.24. The van der Waals surface area contributed by atoms with E-state index in [9.17, 15) is 0 Å². The number of pyridine rings is 1. The quantitative estimate of drug-likeness (QED) is 0.769. The van der Waals surface area contributed by atoms with Crippen molar-refractivity contribution >= 4 is 10.8 Å². The van der Waals surface area contributed by atoms with E-state index >= 15 is 0 Å². The van der Waals surface area contributed by atoms with Crippen molar-refractivity contribution in [3.8, 4) is 0 Å². The first-order valence-corrected chi connectivity index (χ1v) is 8.61.